The highest BCUT2D eigenvalue weighted by Crippen LogP contribution is 2.63. The summed E-state index contributed by atoms with van der Waals surface area (Å²) in [6, 6.07) is 4.73. The van der Waals surface area contributed by atoms with Gasteiger partial charge in [0.15, 0.2) is 0 Å². The van der Waals surface area contributed by atoms with E-state index >= 15 is 0 Å². The fraction of sp³-hybridized carbons (Fsp3) is 0.714. The molecule has 3 aliphatic rings. The standard InChI is InChI=1S/C28H42FNO3/c1-18-5-8-24-23(16-30-15-19-6-7-21(29)14-26(19)33-4)25(10-12-27(18,24)2)28(3)11-9-22(32)13-20(28)17-31/h6-7,14,20,22-25,30-32H,1,5,8-13,15-17H2,2-4H3/t20-,22+,23+,24+,25+,27-,28+/m1/s1. The van der Waals surface area contributed by atoms with Crippen LogP contribution in [0.25, 0.3) is 0 Å². The molecule has 0 aliphatic heterocycles. The van der Waals surface area contributed by atoms with Gasteiger partial charge in [-0.3, -0.25) is 0 Å². The molecule has 0 unspecified atom stereocenters. The number of rotatable bonds is 7. The third-order valence-corrected chi connectivity index (χ3v) is 9.91. The predicted molar refractivity (Wildman–Crippen MR) is 129 cm³/mol. The zero-order valence-electron chi connectivity index (χ0n) is 20.6. The zero-order valence-corrected chi connectivity index (χ0v) is 20.6. The van der Waals surface area contributed by atoms with Crippen LogP contribution >= 0.6 is 0 Å². The number of fused-ring (bicyclic) bond motifs is 1. The topological polar surface area (TPSA) is 61.7 Å². The first-order valence-corrected chi connectivity index (χ1v) is 12.7. The largest absolute Gasteiger partial charge is 0.496 e. The molecule has 0 spiro atoms. The number of benzene rings is 1. The third kappa shape index (κ3) is 4.49. The van der Waals surface area contributed by atoms with Crippen LogP contribution in [-0.4, -0.2) is 36.6 Å². The van der Waals surface area contributed by atoms with Crippen LogP contribution in [0.3, 0.4) is 0 Å². The molecule has 0 heterocycles. The summed E-state index contributed by atoms with van der Waals surface area (Å²) in [5, 5.41) is 24.3. The number of halogens is 1. The first-order valence-electron chi connectivity index (χ1n) is 12.7. The van der Waals surface area contributed by atoms with Gasteiger partial charge in [0.25, 0.3) is 0 Å². The molecule has 4 nitrogen and oxygen atoms in total. The van der Waals surface area contributed by atoms with Crippen molar-refractivity contribution in [1.82, 2.24) is 5.32 Å². The minimum Gasteiger partial charge on any atom is -0.496 e. The summed E-state index contributed by atoms with van der Waals surface area (Å²) in [5.41, 5.74) is 2.58. The summed E-state index contributed by atoms with van der Waals surface area (Å²) < 4.78 is 19.0. The Morgan fingerprint density at radius 3 is 2.70 bits per heavy atom. The molecular formula is C28H42FNO3. The van der Waals surface area contributed by atoms with Crippen LogP contribution in [0.4, 0.5) is 4.39 Å². The molecule has 0 saturated heterocycles. The van der Waals surface area contributed by atoms with Gasteiger partial charge in [0.2, 0.25) is 0 Å². The summed E-state index contributed by atoms with van der Waals surface area (Å²) in [6.07, 6.45) is 6.79. The molecule has 4 rings (SSSR count). The average molecular weight is 460 g/mol. The van der Waals surface area contributed by atoms with Crippen molar-refractivity contribution in [1.29, 1.82) is 0 Å². The molecule has 1 aromatic rings. The molecule has 0 bridgehead atoms. The van der Waals surface area contributed by atoms with Gasteiger partial charge in [0, 0.05) is 24.8 Å². The summed E-state index contributed by atoms with van der Waals surface area (Å²) in [6.45, 7) is 10.9. The molecule has 3 N–H and O–H groups in total. The first kappa shape index (κ1) is 24.7. The number of aliphatic hydroxyl groups excluding tert-OH is 2. The maximum Gasteiger partial charge on any atom is 0.126 e. The molecule has 1 aromatic carbocycles. The van der Waals surface area contributed by atoms with E-state index < -0.39 is 0 Å². The Hall–Kier alpha value is -1.43. The molecule has 3 aliphatic carbocycles. The van der Waals surface area contributed by atoms with E-state index in [1.54, 1.807) is 13.2 Å². The van der Waals surface area contributed by atoms with E-state index in [0.717, 1.165) is 37.8 Å². The average Bonchev–Trinajstić information content (AvgIpc) is 3.11. The SMILES string of the molecule is C=C1CC[C@H]2[C@H](CNCc3ccc(F)cc3OC)[C@@H]([C@@]3(C)CC[C@H](O)C[C@@H]3CO)CC[C@]12C. The van der Waals surface area contributed by atoms with Crippen molar-refractivity contribution < 1.29 is 19.3 Å². The Labute approximate surface area is 198 Å². The van der Waals surface area contributed by atoms with Gasteiger partial charge >= 0.3 is 0 Å². The van der Waals surface area contributed by atoms with Crippen LogP contribution in [0.2, 0.25) is 0 Å². The molecule has 5 heteroatoms. The number of aliphatic hydroxyl groups is 2. The lowest BCUT2D eigenvalue weighted by Gasteiger charge is -2.56. The van der Waals surface area contributed by atoms with Crippen LogP contribution in [0, 0.1) is 40.3 Å². The summed E-state index contributed by atoms with van der Waals surface area (Å²) in [7, 11) is 1.58. The number of allylic oxidation sites excluding steroid dienone is 1. The fourth-order valence-electron chi connectivity index (χ4n) is 7.70. The van der Waals surface area contributed by atoms with E-state index in [0.29, 0.717) is 36.5 Å². The number of hydrogen-bond acceptors (Lipinski definition) is 4. The normalized spacial score (nSPS) is 38.8. The third-order valence-electron chi connectivity index (χ3n) is 9.91. The van der Waals surface area contributed by atoms with Crippen LogP contribution in [0.5, 0.6) is 5.75 Å². The summed E-state index contributed by atoms with van der Waals surface area (Å²) >= 11 is 0. The van der Waals surface area contributed by atoms with E-state index in [1.165, 1.54) is 30.5 Å². The maximum atomic E-state index is 13.6. The molecular weight excluding hydrogens is 417 g/mol. The monoisotopic (exact) mass is 459 g/mol. The lowest BCUT2D eigenvalue weighted by molar-refractivity contribution is -0.0933. The van der Waals surface area contributed by atoms with Crippen LogP contribution < -0.4 is 10.1 Å². The Morgan fingerprint density at radius 1 is 1.18 bits per heavy atom. The minimum atomic E-state index is -0.294. The van der Waals surface area contributed by atoms with Crippen molar-refractivity contribution in [2.24, 2.45) is 34.5 Å². The number of hydrogen-bond donors (Lipinski definition) is 3. The second kappa shape index (κ2) is 9.67. The lowest BCUT2D eigenvalue weighted by Crippen LogP contribution is -2.53. The fourth-order valence-corrected chi connectivity index (χ4v) is 7.70. The van der Waals surface area contributed by atoms with Crippen LogP contribution in [0.1, 0.15) is 64.4 Å². The summed E-state index contributed by atoms with van der Waals surface area (Å²) in [4.78, 5) is 0. The van der Waals surface area contributed by atoms with Crippen LogP contribution in [-0.2, 0) is 6.54 Å². The van der Waals surface area contributed by atoms with Gasteiger partial charge in [-0.1, -0.05) is 32.1 Å². The van der Waals surface area contributed by atoms with Gasteiger partial charge in [-0.05, 0) is 92.1 Å². The molecule has 184 valence electrons. The van der Waals surface area contributed by atoms with Crippen LogP contribution in [0.15, 0.2) is 30.4 Å². The van der Waals surface area contributed by atoms with Gasteiger partial charge in [-0.2, -0.15) is 0 Å². The smallest absolute Gasteiger partial charge is 0.126 e. The maximum absolute atomic E-state index is 13.6. The van der Waals surface area contributed by atoms with Gasteiger partial charge in [0.05, 0.1) is 13.2 Å². The Morgan fingerprint density at radius 2 is 1.97 bits per heavy atom. The zero-order chi connectivity index (χ0) is 23.8. The second-order valence-corrected chi connectivity index (χ2v) is 11.4. The van der Waals surface area contributed by atoms with Crippen molar-refractivity contribution in [2.75, 3.05) is 20.3 Å². The highest BCUT2D eigenvalue weighted by Gasteiger charge is 2.56. The Balaban J connectivity index is 1.57. The predicted octanol–water partition coefficient (Wildman–Crippen LogP) is 5.08. The van der Waals surface area contributed by atoms with Crippen molar-refractivity contribution >= 4 is 0 Å². The minimum absolute atomic E-state index is 0.0269. The van der Waals surface area contributed by atoms with Gasteiger partial charge in [0.1, 0.15) is 11.6 Å². The highest BCUT2D eigenvalue weighted by molar-refractivity contribution is 5.34. The van der Waals surface area contributed by atoms with Crippen molar-refractivity contribution in [3.05, 3.63) is 41.7 Å². The van der Waals surface area contributed by atoms with E-state index in [4.69, 9.17) is 4.74 Å². The molecule has 33 heavy (non-hydrogen) atoms. The first-order chi connectivity index (χ1) is 15.7. The van der Waals surface area contributed by atoms with E-state index in [1.807, 2.05) is 0 Å². The van der Waals surface area contributed by atoms with Crippen molar-refractivity contribution in [3.63, 3.8) is 0 Å². The Kier molecular flexibility index (Phi) is 7.24. The number of nitrogens with one attached hydrogen (secondary N) is 1. The quantitative estimate of drug-likeness (QED) is 0.498. The van der Waals surface area contributed by atoms with Gasteiger partial charge in [-0.15, -0.1) is 0 Å². The Bertz CT molecular complexity index is 860. The summed E-state index contributed by atoms with van der Waals surface area (Å²) in [5.74, 6) is 1.98. The molecule has 7 atom stereocenters. The number of methoxy groups -OCH3 is 1. The second-order valence-electron chi connectivity index (χ2n) is 11.4. The van der Waals surface area contributed by atoms with E-state index in [2.05, 4.69) is 25.7 Å². The molecule has 0 aromatic heterocycles. The van der Waals surface area contributed by atoms with Crippen molar-refractivity contribution in [2.45, 2.75) is 71.4 Å². The van der Waals surface area contributed by atoms with Gasteiger partial charge in [-0.25, -0.2) is 4.39 Å². The van der Waals surface area contributed by atoms with E-state index in [9.17, 15) is 14.6 Å². The lowest BCUT2D eigenvalue weighted by atomic mass is 9.49. The molecule has 3 saturated carbocycles. The molecule has 3 fully saturated rings. The number of ether oxygens (including phenoxy) is 1. The van der Waals surface area contributed by atoms with Crippen molar-refractivity contribution in [3.8, 4) is 5.75 Å². The van der Waals surface area contributed by atoms with E-state index in [-0.39, 0.29) is 35.3 Å². The molecule has 0 radical (unpaired) electrons. The van der Waals surface area contributed by atoms with Gasteiger partial charge < -0.3 is 20.3 Å². The molecule has 0 amide bonds. The highest BCUT2D eigenvalue weighted by atomic mass is 19.1.